The van der Waals surface area contributed by atoms with E-state index in [0.717, 1.165) is 6.42 Å². The van der Waals surface area contributed by atoms with Crippen LogP contribution < -0.4 is 0 Å². The maximum Gasteiger partial charge on any atom is 0.302 e. The van der Waals surface area contributed by atoms with Gasteiger partial charge in [0.15, 0.2) is 0 Å². The quantitative estimate of drug-likeness (QED) is 0.462. The highest BCUT2D eigenvalue weighted by Crippen LogP contribution is 2.11. The Bertz CT molecular complexity index is 186. The van der Waals surface area contributed by atoms with Crippen LogP contribution in [0.5, 0.6) is 0 Å². The van der Waals surface area contributed by atoms with E-state index < -0.39 is 0 Å². The van der Waals surface area contributed by atoms with Gasteiger partial charge >= 0.3 is 5.97 Å². The molecule has 0 saturated heterocycles. The van der Waals surface area contributed by atoms with Crippen molar-refractivity contribution in [1.29, 1.82) is 0 Å². The Morgan fingerprint density at radius 3 is 3.08 bits per heavy atom. The van der Waals surface area contributed by atoms with Crippen LogP contribution in [-0.2, 0) is 14.3 Å². The Labute approximate surface area is 72.4 Å². The molecular weight excluding hydrogens is 156 g/mol. The molecule has 0 bridgehead atoms. The van der Waals surface area contributed by atoms with Gasteiger partial charge in [-0.25, -0.2) is 0 Å². The molecule has 0 N–H and O–H groups in total. The Balaban J connectivity index is 2.28. The van der Waals surface area contributed by atoms with Gasteiger partial charge in [-0.3, -0.25) is 4.79 Å². The minimum atomic E-state index is -0.259. The lowest BCUT2D eigenvalue weighted by Crippen LogP contribution is -2.26. The van der Waals surface area contributed by atoms with E-state index in [1.165, 1.54) is 6.92 Å². The van der Waals surface area contributed by atoms with Crippen LogP contribution in [-0.4, -0.2) is 24.8 Å². The Hall–Kier alpha value is -0.830. The smallest absolute Gasteiger partial charge is 0.302 e. The second kappa shape index (κ2) is 4.26. The third kappa shape index (κ3) is 3.05. The SMILES string of the molecule is CC(=O)OC[C@@H]1C=CC[C@@H](C)O1. The minimum absolute atomic E-state index is 0.0577. The van der Waals surface area contributed by atoms with E-state index in [4.69, 9.17) is 9.47 Å². The third-order valence-corrected chi connectivity index (χ3v) is 1.68. The first-order chi connectivity index (χ1) is 5.68. The summed E-state index contributed by atoms with van der Waals surface area (Å²) in [6.07, 6.45) is 5.11. The third-order valence-electron chi connectivity index (χ3n) is 1.68. The average Bonchev–Trinajstić information content (AvgIpc) is 2.01. The van der Waals surface area contributed by atoms with Gasteiger partial charge in [0.2, 0.25) is 0 Å². The molecule has 12 heavy (non-hydrogen) atoms. The number of carbonyl (C=O) groups excluding carboxylic acids is 1. The summed E-state index contributed by atoms with van der Waals surface area (Å²) in [6.45, 7) is 3.73. The van der Waals surface area contributed by atoms with Gasteiger partial charge in [0, 0.05) is 6.92 Å². The zero-order valence-corrected chi connectivity index (χ0v) is 7.45. The van der Waals surface area contributed by atoms with Crippen molar-refractivity contribution < 1.29 is 14.3 Å². The second-order valence-electron chi connectivity index (χ2n) is 2.95. The van der Waals surface area contributed by atoms with Crippen LogP contribution in [0.25, 0.3) is 0 Å². The number of hydrogen-bond donors (Lipinski definition) is 0. The van der Waals surface area contributed by atoms with Crippen LogP contribution in [0.1, 0.15) is 20.3 Å². The molecular formula is C9H14O3. The summed E-state index contributed by atoms with van der Waals surface area (Å²) in [5, 5.41) is 0. The van der Waals surface area contributed by atoms with Gasteiger partial charge < -0.3 is 9.47 Å². The predicted octanol–water partition coefficient (Wildman–Crippen LogP) is 1.28. The van der Waals surface area contributed by atoms with E-state index >= 15 is 0 Å². The lowest BCUT2D eigenvalue weighted by Gasteiger charge is -2.22. The van der Waals surface area contributed by atoms with Crippen molar-refractivity contribution in [1.82, 2.24) is 0 Å². The molecule has 1 rings (SSSR count). The number of rotatable bonds is 2. The number of hydrogen-bond acceptors (Lipinski definition) is 3. The van der Waals surface area contributed by atoms with Crippen molar-refractivity contribution in [3.8, 4) is 0 Å². The van der Waals surface area contributed by atoms with E-state index in [1.807, 2.05) is 13.0 Å². The van der Waals surface area contributed by atoms with E-state index in [2.05, 4.69) is 6.08 Å². The van der Waals surface area contributed by atoms with Crippen LogP contribution in [0.15, 0.2) is 12.2 Å². The lowest BCUT2D eigenvalue weighted by molar-refractivity contribution is -0.145. The highest BCUT2D eigenvalue weighted by atomic mass is 16.6. The van der Waals surface area contributed by atoms with E-state index in [9.17, 15) is 4.79 Å². The molecule has 0 aliphatic carbocycles. The van der Waals surface area contributed by atoms with Gasteiger partial charge in [-0.05, 0) is 13.3 Å². The summed E-state index contributed by atoms with van der Waals surface area (Å²) in [7, 11) is 0. The number of ether oxygens (including phenoxy) is 2. The van der Waals surface area contributed by atoms with Crippen LogP contribution >= 0.6 is 0 Å². The largest absolute Gasteiger partial charge is 0.463 e. The molecule has 3 heteroatoms. The summed E-state index contributed by atoms with van der Waals surface area (Å²) < 4.78 is 10.3. The molecule has 3 nitrogen and oxygen atoms in total. The van der Waals surface area contributed by atoms with Crippen molar-refractivity contribution >= 4 is 5.97 Å². The van der Waals surface area contributed by atoms with Crippen LogP contribution in [0.3, 0.4) is 0 Å². The van der Waals surface area contributed by atoms with Gasteiger partial charge in [-0.1, -0.05) is 12.2 Å². The molecule has 0 aromatic heterocycles. The van der Waals surface area contributed by atoms with E-state index in [0.29, 0.717) is 6.61 Å². The van der Waals surface area contributed by atoms with Crippen LogP contribution in [0, 0.1) is 0 Å². The summed E-state index contributed by atoms with van der Waals surface area (Å²) >= 11 is 0. The molecule has 1 aliphatic heterocycles. The monoisotopic (exact) mass is 170 g/mol. The van der Waals surface area contributed by atoms with Gasteiger partial charge in [0.25, 0.3) is 0 Å². The summed E-state index contributed by atoms with van der Waals surface area (Å²) in [6, 6.07) is 0. The first-order valence-corrected chi connectivity index (χ1v) is 4.14. The predicted molar refractivity (Wildman–Crippen MR) is 44.7 cm³/mol. The standard InChI is InChI=1S/C9H14O3/c1-7-4-3-5-9(12-7)6-11-8(2)10/h3,5,7,9H,4,6H2,1-2H3/t7-,9+/m1/s1. The van der Waals surface area contributed by atoms with Gasteiger partial charge in [-0.15, -0.1) is 0 Å². The van der Waals surface area contributed by atoms with Crippen molar-refractivity contribution in [3.63, 3.8) is 0 Å². The molecule has 0 saturated carbocycles. The number of esters is 1. The van der Waals surface area contributed by atoms with Gasteiger partial charge in [0.05, 0.1) is 6.10 Å². The maximum absolute atomic E-state index is 10.5. The molecule has 0 unspecified atom stereocenters. The minimum Gasteiger partial charge on any atom is -0.463 e. The molecule has 1 aliphatic rings. The Kier molecular flexibility index (Phi) is 3.29. The zero-order chi connectivity index (χ0) is 8.97. The summed E-state index contributed by atoms with van der Waals surface area (Å²) in [5.41, 5.74) is 0. The molecule has 68 valence electrons. The Morgan fingerprint density at radius 2 is 2.50 bits per heavy atom. The first-order valence-electron chi connectivity index (χ1n) is 4.14. The maximum atomic E-state index is 10.5. The van der Waals surface area contributed by atoms with Gasteiger partial charge in [0.1, 0.15) is 12.7 Å². The molecule has 2 atom stereocenters. The van der Waals surface area contributed by atoms with Crippen LogP contribution in [0.2, 0.25) is 0 Å². The fourth-order valence-electron chi connectivity index (χ4n) is 1.12. The summed E-state index contributed by atoms with van der Waals surface area (Å²) in [5.74, 6) is -0.259. The molecule has 0 aromatic rings. The van der Waals surface area contributed by atoms with Crippen molar-refractivity contribution in [2.45, 2.75) is 32.5 Å². The molecule has 0 amide bonds. The zero-order valence-electron chi connectivity index (χ0n) is 7.45. The molecule has 0 aromatic carbocycles. The first kappa shape index (κ1) is 9.26. The molecule has 1 heterocycles. The molecule has 0 spiro atoms. The normalized spacial score (nSPS) is 28.5. The van der Waals surface area contributed by atoms with Crippen molar-refractivity contribution in [2.24, 2.45) is 0 Å². The van der Waals surface area contributed by atoms with Crippen molar-refractivity contribution in [3.05, 3.63) is 12.2 Å². The van der Waals surface area contributed by atoms with E-state index in [-0.39, 0.29) is 18.2 Å². The molecule has 0 radical (unpaired) electrons. The fourth-order valence-corrected chi connectivity index (χ4v) is 1.12. The number of carbonyl (C=O) groups is 1. The Morgan fingerprint density at radius 1 is 1.75 bits per heavy atom. The van der Waals surface area contributed by atoms with Crippen LogP contribution in [0.4, 0.5) is 0 Å². The fraction of sp³-hybridized carbons (Fsp3) is 0.667. The average molecular weight is 170 g/mol. The van der Waals surface area contributed by atoms with E-state index in [1.54, 1.807) is 0 Å². The molecule has 0 fully saturated rings. The summed E-state index contributed by atoms with van der Waals surface area (Å²) in [4.78, 5) is 10.5. The van der Waals surface area contributed by atoms with Crippen molar-refractivity contribution in [2.75, 3.05) is 6.61 Å². The van der Waals surface area contributed by atoms with Gasteiger partial charge in [-0.2, -0.15) is 0 Å². The second-order valence-corrected chi connectivity index (χ2v) is 2.95. The lowest BCUT2D eigenvalue weighted by atomic mass is 10.2. The highest BCUT2D eigenvalue weighted by molar-refractivity contribution is 5.65. The highest BCUT2D eigenvalue weighted by Gasteiger charge is 2.14. The topological polar surface area (TPSA) is 35.5 Å².